The average Bonchev–Trinajstić information content (AvgIpc) is 2.81. The summed E-state index contributed by atoms with van der Waals surface area (Å²) >= 11 is 12.2. The molecule has 1 aromatic rings. The fourth-order valence-corrected chi connectivity index (χ4v) is 4.35. The Morgan fingerprint density at radius 2 is 1.93 bits per heavy atom. The molecule has 2 atom stereocenters. The predicted molar refractivity (Wildman–Crippen MR) is 105 cm³/mol. The highest BCUT2D eigenvalue weighted by Gasteiger charge is 2.50. The molecule has 0 aliphatic carbocycles. The first kappa shape index (κ1) is 20.4. The van der Waals surface area contributed by atoms with Crippen LogP contribution in [0.3, 0.4) is 0 Å². The number of benzene rings is 1. The van der Waals surface area contributed by atoms with Gasteiger partial charge in [0.05, 0.1) is 12.6 Å². The van der Waals surface area contributed by atoms with Crippen LogP contribution in [0.15, 0.2) is 18.2 Å². The summed E-state index contributed by atoms with van der Waals surface area (Å²) in [6.45, 7) is 6.09. The molecule has 6 nitrogen and oxygen atoms in total. The molecule has 2 unspecified atom stereocenters. The van der Waals surface area contributed by atoms with E-state index >= 15 is 0 Å². The zero-order valence-corrected chi connectivity index (χ0v) is 17.1. The Hall–Kier alpha value is -1.34. The van der Waals surface area contributed by atoms with E-state index in [0.717, 1.165) is 30.8 Å². The summed E-state index contributed by atoms with van der Waals surface area (Å²) in [7, 11) is 0. The van der Waals surface area contributed by atoms with Crippen molar-refractivity contribution in [3.63, 3.8) is 0 Å². The molecular formula is C19H25Cl2N3O3. The number of carbonyl (C=O) groups is 2. The van der Waals surface area contributed by atoms with E-state index in [1.165, 1.54) is 6.07 Å². The first-order valence-corrected chi connectivity index (χ1v) is 9.96. The van der Waals surface area contributed by atoms with Crippen LogP contribution in [0.1, 0.15) is 32.3 Å². The second-order valence-corrected chi connectivity index (χ2v) is 8.58. The molecular weight excluding hydrogens is 389 g/mol. The summed E-state index contributed by atoms with van der Waals surface area (Å²) in [5.41, 5.74) is -0.798. The first-order chi connectivity index (χ1) is 12.7. The molecule has 0 spiro atoms. The Bertz CT molecular complexity index is 737. The summed E-state index contributed by atoms with van der Waals surface area (Å²) < 4.78 is 0. The number of imide groups is 1. The minimum absolute atomic E-state index is 0.0441. The number of nitrogens with zero attached hydrogens (tertiary/aromatic N) is 2. The van der Waals surface area contributed by atoms with Gasteiger partial charge in [-0.05, 0) is 50.9 Å². The topological polar surface area (TPSA) is 72.9 Å². The molecule has 0 aromatic heterocycles. The van der Waals surface area contributed by atoms with Crippen LogP contribution in [-0.4, -0.2) is 59.1 Å². The SMILES string of the molecule is CC1CCN(CC(O)CN2C(=O)NC(C)(c3ccc(Cl)cc3Cl)C2=O)CC1. The average molecular weight is 414 g/mol. The van der Waals surface area contributed by atoms with E-state index in [1.54, 1.807) is 19.1 Å². The largest absolute Gasteiger partial charge is 0.390 e. The fraction of sp³-hybridized carbons (Fsp3) is 0.579. The molecule has 2 aliphatic heterocycles. The van der Waals surface area contributed by atoms with Crippen molar-refractivity contribution >= 4 is 35.1 Å². The van der Waals surface area contributed by atoms with E-state index in [1.807, 2.05) is 0 Å². The smallest absolute Gasteiger partial charge is 0.325 e. The van der Waals surface area contributed by atoms with E-state index in [2.05, 4.69) is 17.1 Å². The van der Waals surface area contributed by atoms with Gasteiger partial charge < -0.3 is 15.3 Å². The molecule has 2 saturated heterocycles. The number of aliphatic hydroxyl groups excluding tert-OH is 1. The van der Waals surface area contributed by atoms with Crippen molar-refractivity contribution in [2.75, 3.05) is 26.2 Å². The molecule has 8 heteroatoms. The first-order valence-electron chi connectivity index (χ1n) is 9.20. The van der Waals surface area contributed by atoms with Crippen LogP contribution < -0.4 is 5.32 Å². The molecule has 2 N–H and O–H groups in total. The lowest BCUT2D eigenvalue weighted by molar-refractivity contribution is -0.132. The third-order valence-electron chi connectivity index (χ3n) is 5.48. The minimum Gasteiger partial charge on any atom is -0.390 e. The number of nitrogens with one attached hydrogen (secondary N) is 1. The van der Waals surface area contributed by atoms with Crippen molar-refractivity contribution in [2.24, 2.45) is 5.92 Å². The quantitative estimate of drug-likeness (QED) is 0.727. The summed E-state index contributed by atoms with van der Waals surface area (Å²) in [5, 5.41) is 13.9. The second kappa shape index (κ2) is 7.95. The van der Waals surface area contributed by atoms with E-state index in [9.17, 15) is 14.7 Å². The van der Waals surface area contributed by atoms with E-state index < -0.39 is 23.6 Å². The van der Waals surface area contributed by atoms with Gasteiger partial charge in [0, 0.05) is 22.2 Å². The maximum absolute atomic E-state index is 13.0. The maximum Gasteiger partial charge on any atom is 0.325 e. The van der Waals surface area contributed by atoms with Crippen molar-refractivity contribution in [3.8, 4) is 0 Å². The van der Waals surface area contributed by atoms with Crippen molar-refractivity contribution < 1.29 is 14.7 Å². The summed E-state index contributed by atoms with van der Waals surface area (Å²) in [6.07, 6.45) is 1.41. The number of likely N-dealkylation sites (tertiary alicyclic amines) is 1. The minimum atomic E-state index is -1.28. The van der Waals surface area contributed by atoms with Crippen LogP contribution in [0.4, 0.5) is 4.79 Å². The molecule has 2 fully saturated rings. The molecule has 0 bridgehead atoms. The number of carbonyl (C=O) groups excluding carboxylic acids is 2. The van der Waals surface area contributed by atoms with Gasteiger partial charge in [-0.25, -0.2) is 4.79 Å². The van der Waals surface area contributed by atoms with Gasteiger partial charge in [-0.15, -0.1) is 0 Å². The highest BCUT2D eigenvalue weighted by molar-refractivity contribution is 6.35. The monoisotopic (exact) mass is 413 g/mol. The predicted octanol–water partition coefficient (Wildman–Crippen LogP) is 2.85. The Labute approximate surface area is 169 Å². The number of rotatable bonds is 5. The van der Waals surface area contributed by atoms with Gasteiger partial charge in [0.1, 0.15) is 5.54 Å². The Kier molecular flexibility index (Phi) is 6.01. The number of hydrogen-bond acceptors (Lipinski definition) is 4. The normalized spacial score (nSPS) is 25.7. The third-order valence-corrected chi connectivity index (χ3v) is 6.03. The fourth-order valence-electron chi connectivity index (χ4n) is 3.75. The van der Waals surface area contributed by atoms with Gasteiger partial charge in [-0.3, -0.25) is 9.69 Å². The standard InChI is InChI=1S/C19H25Cl2N3O3/c1-12-5-7-23(8-6-12)10-14(25)11-24-17(26)19(2,22-18(24)27)15-4-3-13(20)9-16(15)21/h3-4,9,12,14,25H,5-8,10-11H2,1-2H3,(H,22,27). The Balaban J connectivity index is 1.68. The molecule has 3 rings (SSSR count). The van der Waals surface area contributed by atoms with Crippen LogP contribution in [0.5, 0.6) is 0 Å². The highest BCUT2D eigenvalue weighted by atomic mass is 35.5. The summed E-state index contributed by atoms with van der Waals surface area (Å²) in [6, 6.07) is 4.28. The molecule has 0 saturated carbocycles. The number of halogens is 2. The summed E-state index contributed by atoms with van der Waals surface area (Å²) in [4.78, 5) is 28.6. The number of β-amino-alcohol motifs (C(OH)–C–C–N with tert-alkyl or cyclic N) is 1. The maximum atomic E-state index is 13.0. The molecule has 148 valence electrons. The number of hydrogen-bond donors (Lipinski definition) is 2. The van der Waals surface area contributed by atoms with Crippen LogP contribution in [-0.2, 0) is 10.3 Å². The van der Waals surface area contributed by atoms with E-state index in [4.69, 9.17) is 23.2 Å². The molecule has 1 aromatic carbocycles. The third kappa shape index (κ3) is 4.24. The Morgan fingerprint density at radius 3 is 2.56 bits per heavy atom. The van der Waals surface area contributed by atoms with Crippen LogP contribution in [0.2, 0.25) is 10.0 Å². The molecule has 0 radical (unpaired) electrons. The van der Waals surface area contributed by atoms with E-state index in [0.29, 0.717) is 28.1 Å². The molecule has 2 heterocycles. The number of amides is 3. The van der Waals surface area contributed by atoms with Gasteiger partial charge >= 0.3 is 6.03 Å². The zero-order chi connectivity index (χ0) is 19.8. The molecule has 2 aliphatic rings. The highest BCUT2D eigenvalue weighted by Crippen LogP contribution is 2.35. The van der Waals surface area contributed by atoms with Gasteiger partial charge in [0.15, 0.2) is 0 Å². The number of piperidine rings is 1. The van der Waals surface area contributed by atoms with Crippen LogP contribution >= 0.6 is 23.2 Å². The van der Waals surface area contributed by atoms with E-state index in [-0.39, 0.29) is 6.54 Å². The zero-order valence-electron chi connectivity index (χ0n) is 15.5. The lowest BCUT2D eigenvalue weighted by Gasteiger charge is -2.32. The lowest BCUT2D eigenvalue weighted by Crippen LogP contribution is -2.45. The van der Waals surface area contributed by atoms with Crippen molar-refractivity contribution in [2.45, 2.75) is 38.3 Å². The van der Waals surface area contributed by atoms with Crippen molar-refractivity contribution in [1.29, 1.82) is 0 Å². The van der Waals surface area contributed by atoms with Gasteiger partial charge in [-0.1, -0.05) is 36.2 Å². The molecule has 27 heavy (non-hydrogen) atoms. The van der Waals surface area contributed by atoms with Gasteiger partial charge in [0.2, 0.25) is 0 Å². The number of urea groups is 1. The van der Waals surface area contributed by atoms with Crippen LogP contribution in [0.25, 0.3) is 0 Å². The van der Waals surface area contributed by atoms with Crippen molar-refractivity contribution in [1.82, 2.24) is 15.1 Å². The Morgan fingerprint density at radius 1 is 1.26 bits per heavy atom. The number of aliphatic hydroxyl groups is 1. The van der Waals surface area contributed by atoms with Gasteiger partial charge in [-0.2, -0.15) is 0 Å². The van der Waals surface area contributed by atoms with Crippen molar-refractivity contribution in [3.05, 3.63) is 33.8 Å². The molecule has 3 amide bonds. The van der Waals surface area contributed by atoms with Gasteiger partial charge in [0.25, 0.3) is 5.91 Å². The lowest BCUT2D eigenvalue weighted by atomic mass is 9.92. The van der Waals surface area contributed by atoms with Crippen LogP contribution in [0, 0.1) is 5.92 Å². The second-order valence-electron chi connectivity index (χ2n) is 7.73. The summed E-state index contributed by atoms with van der Waals surface area (Å²) in [5.74, 6) is 0.275.